The van der Waals surface area contributed by atoms with E-state index in [0.717, 1.165) is 24.4 Å². The summed E-state index contributed by atoms with van der Waals surface area (Å²) in [6, 6.07) is 22.6. The second-order valence-electron chi connectivity index (χ2n) is 7.85. The molecule has 0 spiro atoms. The third-order valence-corrected chi connectivity index (χ3v) is 5.76. The number of hydrogen-bond donors (Lipinski definition) is 0. The zero-order valence-electron chi connectivity index (χ0n) is 17.4. The van der Waals surface area contributed by atoms with E-state index in [9.17, 15) is 4.79 Å². The van der Waals surface area contributed by atoms with E-state index in [1.807, 2.05) is 53.4 Å². The number of hydrogen-bond acceptors (Lipinski definition) is 2. The van der Waals surface area contributed by atoms with Crippen molar-refractivity contribution < 1.29 is 9.53 Å². The molecule has 154 valence electrons. The van der Waals surface area contributed by atoms with Gasteiger partial charge in [-0.15, -0.1) is 6.58 Å². The number of benzene rings is 2. The number of aromatic nitrogens is 1. The summed E-state index contributed by atoms with van der Waals surface area (Å²) in [5.74, 6) is 1.49. The van der Waals surface area contributed by atoms with Crippen molar-refractivity contribution in [2.24, 2.45) is 5.92 Å². The zero-order chi connectivity index (χ0) is 20.9. The van der Waals surface area contributed by atoms with Gasteiger partial charge >= 0.3 is 0 Å². The summed E-state index contributed by atoms with van der Waals surface area (Å²) in [4.78, 5) is 15.1. The van der Waals surface area contributed by atoms with Gasteiger partial charge in [0.1, 0.15) is 5.75 Å². The van der Waals surface area contributed by atoms with Gasteiger partial charge in [-0.05, 0) is 47.7 Å². The number of amides is 1. The Labute approximate surface area is 178 Å². The summed E-state index contributed by atoms with van der Waals surface area (Å²) in [5.41, 5.74) is 3.54. The molecule has 0 aliphatic heterocycles. The maximum absolute atomic E-state index is 13.2. The van der Waals surface area contributed by atoms with Gasteiger partial charge in [0.2, 0.25) is 5.91 Å². The Kier molecular flexibility index (Phi) is 6.03. The predicted molar refractivity (Wildman–Crippen MR) is 119 cm³/mol. The van der Waals surface area contributed by atoms with Crippen molar-refractivity contribution in [2.45, 2.75) is 25.4 Å². The lowest BCUT2D eigenvalue weighted by molar-refractivity contribution is -0.132. The maximum atomic E-state index is 13.2. The maximum Gasteiger partial charge on any atom is 0.226 e. The molecule has 1 amide bonds. The number of methoxy groups -OCH3 is 1. The lowest BCUT2D eigenvalue weighted by atomic mass is 10.1. The van der Waals surface area contributed by atoms with Crippen LogP contribution in [0.15, 0.2) is 85.6 Å². The van der Waals surface area contributed by atoms with Crippen LogP contribution in [0.25, 0.3) is 0 Å². The van der Waals surface area contributed by atoms with Crippen LogP contribution in [0.1, 0.15) is 29.2 Å². The van der Waals surface area contributed by atoms with E-state index in [0.29, 0.717) is 19.0 Å². The van der Waals surface area contributed by atoms with Crippen LogP contribution in [0.5, 0.6) is 5.75 Å². The molecule has 2 unspecified atom stereocenters. The van der Waals surface area contributed by atoms with Gasteiger partial charge in [0.15, 0.2) is 0 Å². The van der Waals surface area contributed by atoms with Gasteiger partial charge in [-0.2, -0.15) is 0 Å². The van der Waals surface area contributed by atoms with Gasteiger partial charge in [-0.3, -0.25) is 4.79 Å². The van der Waals surface area contributed by atoms with E-state index in [4.69, 9.17) is 4.74 Å². The van der Waals surface area contributed by atoms with Gasteiger partial charge in [0.25, 0.3) is 0 Å². The van der Waals surface area contributed by atoms with Crippen molar-refractivity contribution in [2.75, 3.05) is 13.7 Å². The highest BCUT2D eigenvalue weighted by Crippen LogP contribution is 2.48. The fourth-order valence-corrected chi connectivity index (χ4v) is 4.07. The summed E-state index contributed by atoms with van der Waals surface area (Å²) in [6.07, 6.45) is 4.81. The molecule has 1 fully saturated rings. The lowest BCUT2D eigenvalue weighted by Gasteiger charge is -2.23. The van der Waals surface area contributed by atoms with Crippen LogP contribution < -0.4 is 4.74 Å². The molecule has 0 bridgehead atoms. The van der Waals surface area contributed by atoms with Gasteiger partial charge in [0.05, 0.1) is 13.7 Å². The highest BCUT2D eigenvalue weighted by molar-refractivity contribution is 5.83. The van der Waals surface area contributed by atoms with Crippen molar-refractivity contribution in [3.8, 4) is 5.75 Å². The van der Waals surface area contributed by atoms with Crippen LogP contribution in [0.3, 0.4) is 0 Å². The second kappa shape index (κ2) is 9.04. The van der Waals surface area contributed by atoms with Crippen molar-refractivity contribution in [1.29, 1.82) is 0 Å². The van der Waals surface area contributed by atoms with Crippen LogP contribution in [0, 0.1) is 5.92 Å². The first-order valence-electron chi connectivity index (χ1n) is 10.4. The molecule has 0 saturated heterocycles. The molecule has 4 rings (SSSR count). The van der Waals surface area contributed by atoms with E-state index < -0.39 is 0 Å². The molecule has 30 heavy (non-hydrogen) atoms. The molecule has 4 heteroatoms. The van der Waals surface area contributed by atoms with Crippen molar-refractivity contribution >= 4 is 5.91 Å². The van der Waals surface area contributed by atoms with Crippen molar-refractivity contribution in [3.63, 3.8) is 0 Å². The van der Waals surface area contributed by atoms with Gasteiger partial charge in [0, 0.05) is 30.9 Å². The first-order chi connectivity index (χ1) is 14.7. The topological polar surface area (TPSA) is 34.5 Å². The minimum Gasteiger partial charge on any atom is -0.497 e. The normalized spacial score (nSPS) is 17.4. The standard InChI is InChI=1S/C26H28N2O2/c1-3-14-28(26(29)25-17-24(25)21-10-5-4-6-11-21)19-22-12-8-15-27(22)18-20-9-7-13-23(16-20)30-2/h3-13,15-16,24-25H,1,14,17-19H2,2H3. The Morgan fingerprint density at radius 3 is 2.77 bits per heavy atom. The number of nitrogens with zero attached hydrogens (tertiary/aromatic N) is 2. The number of rotatable bonds is 9. The third-order valence-electron chi connectivity index (χ3n) is 5.76. The molecule has 1 heterocycles. The van der Waals surface area contributed by atoms with Crippen LogP contribution in [0.2, 0.25) is 0 Å². The van der Waals surface area contributed by atoms with E-state index in [1.165, 1.54) is 11.1 Å². The third kappa shape index (κ3) is 4.48. The molecule has 2 aromatic carbocycles. The number of carbonyl (C=O) groups excluding carboxylic acids is 1. The Morgan fingerprint density at radius 2 is 2.00 bits per heavy atom. The minimum absolute atomic E-state index is 0.0779. The molecule has 1 saturated carbocycles. The number of ether oxygens (including phenoxy) is 1. The average molecular weight is 401 g/mol. The Bertz CT molecular complexity index is 1010. The monoisotopic (exact) mass is 400 g/mol. The molecule has 0 radical (unpaired) electrons. The van der Waals surface area contributed by atoms with Gasteiger partial charge in [-0.1, -0.05) is 48.5 Å². The second-order valence-corrected chi connectivity index (χ2v) is 7.85. The summed E-state index contributed by atoms with van der Waals surface area (Å²) < 4.78 is 7.53. The molecule has 4 nitrogen and oxygen atoms in total. The lowest BCUT2D eigenvalue weighted by Crippen LogP contribution is -2.33. The first kappa shape index (κ1) is 20.0. The minimum atomic E-state index is 0.0779. The van der Waals surface area contributed by atoms with E-state index >= 15 is 0 Å². The Balaban J connectivity index is 1.46. The van der Waals surface area contributed by atoms with E-state index in [1.54, 1.807) is 7.11 Å². The quantitative estimate of drug-likeness (QED) is 0.481. The van der Waals surface area contributed by atoms with Crippen LogP contribution in [-0.4, -0.2) is 29.0 Å². The van der Waals surface area contributed by atoms with E-state index in [-0.39, 0.29) is 11.8 Å². The molecule has 1 aromatic heterocycles. The molecule has 2 atom stereocenters. The van der Waals surface area contributed by atoms with Crippen LogP contribution >= 0.6 is 0 Å². The fraction of sp³-hybridized carbons (Fsp3) is 0.269. The summed E-state index contributed by atoms with van der Waals surface area (Å²) >= 11 is 0. The zero-order valence-corrected chi connectivity index (χ0v) is 17.4. The van der Waals surface area contributed by atoms with Gasteiger partial charge in [-0.25, -0.2) is 0 Å². The molecular formula is C26H28N2O2. The highest BCUT2D eigenvalue weighted by Gasteiger charge is 2.45. The summed E-state index contributed by atoms with van der Waals surface area (Å²) in [7, 11) is 1.68. The first-order valence-corrected chi connectivity index (χ1v) is 10.4. The summed E-state index contributed by atoms with van der Waals surface area (Å²) in [6.45, 7) is 5.75. The van der Waals surface area contributed by atoms with E-state index in [2.05, 4.69) is 41.6 Å². The van der Waals surface area contributed by atoms with Crippen molar-refractivity contribution in [3.05, 3.63) is 102 Å². The molecule has 1 aliphatic rings. The van der Waals surface area contributed by atoms with Gasteiger partial charge < -0.3 is 14.2 Å². The van der Waals surface area contributed by atoms with Crippen LogP contribution in [0.4, 0.5) is 0 Å². The molecule has 1 aliphatic carbocycles. The van der Waals surface area contributed by atoms with Crippen molar-refractivity contribution in [1.82, 2.24) is 9.47 Å². The molecule has 0 N–H and O–H groups in total. The Morgan fingerprint density at radius 1 is 1.17 bits per heavy atom. The average Bonchev–Trinajstić information content (AvgIpc) is 3.48. The molecular weight excluding hydrogens is 372 g/mol. The number of carbonyl (C=O) groups is 1. The summed E-state index contributed by atoms with van der Waals surface area (Å²) in [5, 5.41) is 0. The highest BCUT2D eigenvalue weighted by atomic mass is 16.5. The smallest absolute Gasteiger partial charge is 0.226 e. The largest absolute Gasteiger partial charge is 0.497 e. The Hall–Kier alpha value is -3.27. The molecule has 3 aromatic rings. The predicted octanol–water partition coefficient (Wildman–Crippen LogP) is 4.86. The van der Waals surface area contributed by atoms with Crippen LogP contribution in [-0.2, 0) is 17.9 Å². The SMILES string of the molecule is C=CCN(Cc1cccn1Cc1cccc(OC)c1)C(=O)C1CC1c1ccccc1. The fourth-order valence-electron chi connectivity index (χ4n) is 4.07.